The van der Waals surface area contributed by atoms with Gasteiger partial charge < -0.3 is 4.74 Å². The number of rotatable bonds is 4. The predicted molar refractivity (Wildman–Crippen MR) is 74.7 cm³/mol. The lowest BCUT2D eigenvalue weighted by Gasteiger charge is -2.26. The van der Waals surface area contributed by atoms with E-state index in [9.17, 15) is 13.2 Å². The number of nitrogens with zero attached hydrogens (tertiary/aromatic N) is 1. The van der Waals surface area contributed by atoms with Crippen LogP contribution in [0.25, 0.3) is 0 Å². The van der Waals surface area contributed by atoms with Crippen LogP contribution in [-0.4, -0.2) is 37.7 Å². The number of aryl methyl sites for hydroxylation is 1. The third-order valence-corrected chi connectivity index (χ3v) is 4.14. The molecule has 0 saturated carbocycles. The summed E-state index contributed by atoms with van der Waals surface area (Å²) < 4.78 is 43.5. The van der Waals surface area contributed by atoms with E-state index in [4.69, 9.17) is 4.74 Å². The van der Waals surface area contributed by atoms with E-state index in [1.54, 1.807) is 6.07 Å². The van der Waals surface area contributed by atoms with Crippen molar-refractivity contribution in [1.29, 1.82) is 0 Å². The van der Waals surface area contributed by atoms with Gasteiger partial charge in [0.05, 0.1) is 18.8 Å². The Kier molecular flexibility index (Phi) is 5.46. The normalized spacial score (nSPS) is 17.4. The second-order valence-corrected chi connectivity index (χ2v) is 5.72. The first-order valence-electron chi connectivity index (χ1n) is 6.62. The monoisotopic (exact) mass is 351 g/mol. The molecular formula is C14H17BrF3NO. The summed E-state index contributed by atoms with van der Waals surface area (Å²) in [6.07, 6.45) is -2.57. The lowest BCUT2D eigenvalue weighted by atomic mass is 10.1. The Bertz CT molecular complexity index is 445. The number of alkyl halides is 3. The molecule has 1 fully saturated rings. The number of hydrogen-bond acceptors (Lipinski definition) is 2. The minimum absolute atomic E-state index is 0.536. The SMILES string of the molecule is FC(F)(F)c1ccc(CCCN2CCOCC2)c(Br)c1. The Morgan fingerprint density at radius 1 is 1.20 bits per heavy atom. The van der Waals surface area contributed by atoms with Crippen LogP contribution < -0.4 is 0 Å². The van der Waals surface area contributed by atoms with Crippen molar-refractivity contribution in [2.24, 2.45) is 0 Å². The largest absolute Gasteiger partial charge is 0.416 e. The minimum Gasteiger partial charge on any atom is -0.379 e. The summed E-state index contributed by atoms with van der Waals surface area (Å²) in [6, 6.07) is 3.87. The first-order chi connectivity index (χ1) is 9.47. The zero-order valence-corrected chi connectivity index (χ0v) is 12.6. The molecule has 1 aromatic carbocycles. The maximum absolute atomic E-state index is 12.6. The van der Waals surface area contributed by atoms with Gasteiger partial charge in [-0.1, -0.05) is 22.0 Å². The van der Waals surface area contributed by atoms with Gasteiger partial charge in [0.15, 0.2) is 0 Å². The summed E-state index contributed by atoms with van der Waals surface area (Å²) in [5, 5.41) is 0. The van der Waals surface area contributed by atoms with Crippen molar-refractivity contribution in [2.75, 3.05) is 32.8 Å². The molecule has 1 aliphatic rings. The summed E-state index contributed by atoms with van der Waals surface area (Å²) in [4.78, 5) is 2.32. The Hall–Kier alpha value is -0.590. The Labute approximate surface area is 125 Å². The van der Waals surface area contributed by atoms with Crippen molar-refractivity contribution in [2.45, 2.75) is 19.0 Å². The molecule has 0 bridgehead atoms. The maximum Gasteiger partial charge on any atom is 0.416 e. The second kappa shape index (κ2) is 6.91. The van der Waals surface area contributed by atoms with E-state index < -0.39 is 11.7 Å². The number of hydrogen-bond donors (Lipinski definition) is 0. The van der Waals surface area contributed by atoms with E-state index in [0.717, 1.165) is 63.4 Å². The highest BCUT2D eigenvalue weighted by atomic mass is 79.9. The highest BCUT2D eigenvalue weighted by molar-refractivity contribution is 9.10. The zero-order chi connectivity index (χ0) is 14.6. The van der Waals surface area contributed by atoms with Gasteiger partial charge in [0.25, 0.3) is 0 Å². The molecule has 1 aromatic rings. The van der Waals surface area contributed by atoms with Crippen molar-refractivity contribution >= 4 is 15.9 Å². The molecule has 20 heavy (non-hydrogen) atoms. The maximum atomic E-state index is 12.6. The van der Waals surface area contributed by atoms with Crippen molar-refractivity contribution < 1.29 is 17.9 Å². The lowest BCUT2D eigenvalue weighted by molar-refractivity contribution is -0.137. The molecule has 6 heteroatoms. The highest BCUT2D eigenvalue weighted by Gasteiger charge is 2.30. The van der Waals surface area contributed by atoms with E-state index in [0.29, 0.717) is 4.47 Å². The molecule has 112 valence electrons. The van der Waals surface area contributed by atoms with Gasteiger partial charge in [0.1, 0.15) is 0 Å². The van der Waals surface area contributed by atoms with Crippen LogP contribution in [-0.2, 0) is 17.3 Å². The summed E-state index contributed by atoms with van der Waals surface area (Å²) in [5.74, 6) is 0. The van der Waals surface area contributed by atoms with Gasteiger partial charge in [-0.25, -0.2) is 0 Å². The van der Waals surface area contributed by atoms with Crippen LogP contribution in [0.4, 0.5) is 13.2 Å². The Balaban J connectivity index is 1.86. The van der Waals surface area contributed by atoms with E-state index in [2.05, 4.69) is 20.8 Å². The molecule has 1 aliphatic heterocycles. The standard InChI is InChI=1S/C14H17BrF3NO/c15-13-10-12(14(16,17)18)4-3-11(13)2-1-5-19-6-8-20-9-7-19/h3-4,10H,1-2,5-9H2. The summed E-state index contributed by atoms with van der Waals surface area (Å²) >= 11 is 3.23. The molecule has 0 radical (unpaired) electrons. The Morgan fingerprint density at radius 2 is 1.90 bits per heavy atom. The first kappa shape index (κ1) is 15.8. The third kappa shape index (κ3) is 4.46. The minimum atomic E-state index is -4.28. The van der Waals surface area contributed by atoms with Gasteiger partial charge in [-0.15, -0.1) is 0 Å². The highest BCUT2D eigenvalue weighted by Crippen LogP contribution is 2.32. The average molecular weight is 352 g/mol. The van der Waals surface area contributed by atoms with Crippen LogP contribution >= 0.6 is 15.9 Å². The van der Waals surface area contributed by atoms with Crippen molar-refractivity contribution in [3.8, 4) is 0 Å². The number of ether oxygens (including phenoxy) is 1. The molecule has 0 aliphatic carbocycles. The zero-order valence-electron chi connectivity index (χ0n) is 11.0. The van der Waals surface area contributed by atoms with Crippen molar-refractivity contribution in [3.05, 3.63) is 33.8 Å². The molecule has 1 heterocycles. The van der Waals surface area contributed by atoms with Gasteiger partial charge in [-0.2, -0.15) is 13.2 Å². The lowest BCUT2D eigenvalue weighted by Crippen LogP contribution is -2.36. The van der Waals surface area contributed by atoms with E-state index in [1.165, 1.54) is 0 Å². The molecule has 0 spiro atoms. The van der Waals surface area contributed by atoms with Gasteiger partial charge in [-0.05, 0) is 37.1 Å². The van der Waals surface area contributed by atoms with Crippen LogP contribution in [0.15, 0.2) is 22.7 Å². The molecule has 2 nitrogen and oxygen atoms in total. The fourth-order valence-electron chi connectivity index (χ4n) is 2.24. The van der Waals surface area contributed by atoms with Crippen molar-refractivity contribution in [1.82, 2.24) is 4.90 Å². The molecule has 0 aromatic heterocycles. The second-order valence-electron chi connectivity index (χ2n) is 4.86. The van der Waals surface area contributed by atoms with Gasteiger partial charge >= 0.3 is 6.18 Å². The summed E-state index contributed by atoms with van der Waals surface area (Å²) in [7, 11) is 0. The first-order valence-corrected chi connectivity index (χ1v) is 7.42. The van der Waals surface area contributed by atoms with Gasteiger partial charge in [0, 0.05) is 17.6 Å². The van der Waals surface area contributed by atoms with E-state index in [-0.39, 0.29) is 0 Å². The summed E-state index contributed by atoms with van der Waals surface area (Å²) in [6.45, 7) is 4.37. The third-order valence-electron chi connectivity index (χ3n) is 3.40. The molecule has 0 amide bonds. The predicted octanol–water partition coefficient (Wildman–Crippen LogP) is 3.73. The molecule has 1 saturated heterocycles. The van der Waals surface area contributed by atoms with Crippen LogP contribution in [0, 0.1) is 0 Å². The van der Waals surface area contributed by atoms with Gasteiger partial charge in [-0.3, -0.25) is 4.90 Å². The van der Waals surface area contributed by atoms with Gasteiger partial charge in [0.2, 0.25) is 0 Å². The van der Waals surface area contributed by atoms with E-state index in [1.807, 2.05) is 0 Å². The van der Waals surface area contributed by atoms with Crippen LogP contribution in [0.5, 0.6) is 0 Å². The smallest absolute Gasteiger partial charge is 0.379 e. The van der Waals surface area contributed by atoms with Crippen LogP contribution in [0.1, 0.15) is 17.5 Å². The number of halogens is 4. The quantitative estimate of drug-likeness (QED) is 0.819. The molecule has 0 unspecified atom stereocenters. The average Bonchev–Trinajstić information content (AvgIpc) is 2.40. The molecule has 2 rings (SSSR count). The fourth-order valence-corrected chi connectivity index (χ4v) is 2.82. The van der Waals surface area contributed by atoms with Crippen LogP contribution in [0.3, 0.4) is 0 Å². The van der Waals surface area contributed by atoms with Crippen molar-refractivity contribution in [3.63, 3.8) is 0 Å². The molecule has 0 N–H and O–H groups in total. The van der Waals surface area contributed by atoms with Crippen LogP contribution in [0.2, 0.25) is 0 Å². The number of benzene rings is 1. The number of morpholine rings is 1. The molecular weight excluding hydrogens is 335 g/mol. The Morgan fingerprint density at radius 3 is 2.50 bits per heavy atom. The summed E-state index contributed by atoms with van der Waals surface area (Å²) in [5.41, 5.74) is 0.313. The molecule has 0 atom stereocenters. The topological polar surface area (TPSA) is 12.5 Å². The fraction of sp³-hybridized carbons (Fsp3) is 0.571. The van der Waals surface area contributed by atoms with E-state index >= 15 is 0 Å².